The fourth-order valence-electron chi connectivity index (χ4n) is 8.82. The van der Waals surface area contributed by atoms with Crippen molar-refractivity contribution in [3.63, 3.8) is 0 Å². The minimum Gasteiger partial charge on any atom is -0.394 e. The molecule has 0 aliphatic carbocycles. The van der Waals surface area contributed by atoms with Crippen molar-refractivity contribution in [2.24, 2.45) is 0 Å². The second-order valence-corrected chi connectivity index (χ2v) is 18.0. The van der Waals surface area contributed by atoms with Gasteiger partial charge >= 0.3 is 5.69 Å². The van der Waals surface area contributed by atoms with E-state index in [0.29, 0.717) is 12.8 Å². The number of nitrogens with one attached hydrogen (secondary N) is 3. The minimum absolute atomic E-state index is 0.0672. The molecule has 1 aromatic rings. The summed E-state index contributed by atoms with van der Waals surface area (Å²) in [6.07, 6.45) is -2.66. The van der Waals surface area contributed by atoms with Gasteiger partial charge in [-0.2, -0.15) is 0 Å². The largest absolute Gasteiger partial charge is 0.394 e. The molecule has 0 spiro atoms. The summed E-state index contributed by atoms with van der Waals surface area (Å²) in [4.78, 5) is 52.7. The molecule has 11 N–H and O–H groups in total. The fraction of sp³-hybridized carbons (Fsp3) is 0.867. The van der Waals surface area contributed by atoms with Crippen LogP contribution in [-0.2, 0) is 28.5 Å². The molecule has 65 heavy (non-hydrogen) atoms. The number of aromatic amines is 1. The molecule has 374 valence electrons. The average Bonchev–Trinajstić information content (AvgIpc) is 3.57. The van der Waals surface area contributed by atoms with Crippen LogP contribution in [0.25, 0.3) is 0 Å². The standard InChI is InChI=1S/C45H78N4O16/c1-3-5-7-9-11-13-15-17-19-21-30(52)46-33-37(57)35(55)28(25-27(51)41-39(59)40(60)42(64-41)49-24-23-32(54)48-45(49)61)62-43(33)65-44-34(38(58)36(56)29(26-50)63-44)47-31(53)22-20-18-16-14-12-10-8-6-4-2/h23-24,27-29,33-44,50-51,55-60H,3-22,25-26H2,1-2H3,(H,46,52)(H,47,53)(H,48,54,61)/t27-,28-,29-,33-,34-,35+,36-,37-,38-,39+,40-,41+,42-,43+,44-/m1/s1. The van der Waals surface area contributed by atoms with E-state index in [4.69, 9.17) is 18.9 Å². The molecule has 0 radical (unpaired) electrons. The zero-order chi connectivity index (χ0) is 47.5. The Hall–Kier alpha value is -2.86. The van der Waals surface area contributed by atoms with Crippen LogP contribution >= 0.6 is 0 Å². The second kappa shape index (κ2) is 28.5. The first-order chi connectivity index (χ1) is 31.2. The average molecular weight is 931 g/mol. The summed E-state index contributed by atoms with van der Waals surface area (Å²) in [5.41, 5.74) is -1.67. The number of hydrogen-bond acceptors (Lipinski definition) is 16. The van der Waals surface area contributed by atoms with Crippen LogP contribution in [0.1, 0.15) is 155 Å². The number of H-pyrrole nitrogens is 1. The van der Waals surface area contributed by atoms with E-state index in [1.165, 1.54) is 38.5 Å². The molecular formula is C45H78N4O16. The highest BCUT2D eigenvalue weighted by atomic mass is 16.8. The third kappa shape index (κ3) is 16.4. The van der Waals surface area contributed by atoms with Crippen molar-refractivity contribution in [1.29, 1.82) is 0 Å². The highest BCUT2D eigenvalue weighted by molar-refractivity contribution is 5.76. The molecule has 0 saturated carbocycles. The summed E-state index contributed by atoms with van der Waals surface area (Å²) in [6.45, 7) is 3.56. The molecule has 0 aromatic carbocycles. The highest BCUT2D eigenvalue weighted by Crippen LogP contribution is 2.34. The minimum atomic E-state index is -1.82. The number of aromatic nitrogens is 2. The van der Waals surface area contributed by atoms with Crippen LogP contribution in [0.4, 0.5) is 0 Å². The van der Waals surface area contributed by atoms with Gasteiger partial charge in [-0.05, 0) is 12.8 Å². The van der Waals surface area contributed by atoms with Gasteiger partial charge in [0.1, 0.15) is 60.9 Å². The number of ether oxygens (including phenoxy) is 4. The van der Waals surface area contributed by atoms with E-state index < -0.39 is 128 Å². The summed E-state index contributed by atoms with van der Waals surface area (Å²) in [6, 6.07) is -1.93. The number of nitrogens with zero attached hydrogens (tertiary/aromatic N) is 1. The molecule has 3 aliphatic heterocycles. The van der Waals surface area contributed by atoms with E-state index in [1.807, 2.05) is 4.98 Å². The van der Waals surface area contributed by atoms with Crippen molar-refractivity contribution in [2.75, 3.05) is 6.61 Å². The summed E-state index contributed by atoms with van der Waals surface area (Å²) in [5.74, 6) is -0.977. The molecule has 3 fully saturated rings. The lowest BCUT2D eigenvalue weighted by molar-refractivity contribution is -0.347. The van der Waals surface area contributed by atoms with E-state index in [1.54, 1.807) is 0 Å². The maximum atomic E-state index is 13.4. The third-order valence-electron chi connectivity index (χ3n) is 12.8. The first kappa shape index (κ1) is 54.7. The Labute approximate surface area is 381 Å². The molecule has 4 rings (SSSR count). The predicted octanol–water partition coefficient (Wildman–Crippen LogP) is 0.621. The zero-order valence-corrected chi connectivity index (χ0v) is 38.2. The molecule has 20 nitrogen and oxygen atoms in total. The normalized spacial score (nSPS) is 32.0. The van der Waals surface area contributed by atoms with Gasteiger partial charge in [-0.25, -0.2) is 4.79 Å². The van der Waals surface area contributed by atoms with Gasteiger partial charge in [0.2, 0.25) is 11.8 Å². The van der Waals surface area contributed by atoms with E-state index in [0.717, 1.165) is 81.0 Å². The van der Waals surface area contributed by atoms with Crippen molar-refractivity contribution >= 4 is 11.8 Å². The van der Waals surface area contributed by atoms with Gasteiger partial charge in [0.05, 0.1) is 18.8 Å². The number of rotatable bonds is 29. The molecular weight excluding hydrogens is 853 g/mol. The first-order valence-corrected chi connectivity index (χ1v) is 24.1. The van der Waals surface area contributed by atoms with Crippen LogP contribution in [0.3, 0.4) is 0 Å². The van der Waals surface area contributed by atoms with E-state index in [9.17, 15) is 60.0 Å². The van der Waals surface area contributed by atoms with Gasteiger partial charge in [0, 0.05) is 31.5 Å². The summed E-state index contributed by atoms with van der Waals surface area (Å²) < 4.78 is 24.7. The van der Waals surface area contributed by atoms with Crippen LogP contribution in [-0.4, -0.2) is 155 Å². The van der Waals surface area contributed by atoms with Gasteiger partial charge in [-0.3, -0.25) is 23.9 Å². The molecule has 3 aliphatic rings. The van der Waals surface area contributed by atoms with Gasteiger partial charge in [0.15, 0.2) is 18.8 Å². The molecule has 0 bridgehead atoms. The molecule has 20 heteroatoms. The Morgan fingerprint density at radius 3 is 1.55 bits per heavy atom. The molecule has 2 amide bonds. The molecule has 3 saturated heterocycles. The lowest BCUT2D eigenvalue weighted by Gasteiger charge is -2.47. The van der Waals surface area contributed by atoms with Gasteiger partial charge in [-0.1, -0.05) is 117 Å². The van der Waals surface area contributed by atoms with Crippen LogP contribution in [0.5, 0.6) is 0 Å². The quantitative estimate of drug-likeness (QED) is 0.0491. The Morgan fingerprint density at radius 2 is 1.09 bits per heavy atom. The van der Waals surface area contributed by atoms with Crippen molar-refractivity contribution in [2.45, 2.75) is 241 Å². The van der Waals surface area contributed by atoms with Crippen molar-refractivity contribution in [3.8, 4) is 0 Å². The fourth-order valence-corrected chi connectivity index (χ4v) is 8.82. The second-order valence-electron chi connectivity index (χ2n) is 18.0. The van der Waals surface area contributed by atoms with Crippen molar-refractivity contribution < 1.29 is 69.4 Å². The van der Waals surface area contributed by atoms with Crippen LogP contribution < -0.4 is 21.9 Å². The Balaban J connectivity index is 1.48. The molecule has 0 unspecified atom stereocenters. The van der Waals surface area contributed by atoms with Gasteiger partial charge < -0.3 is 70.4 Å². The van der Waals surface area contributed by atoms with Crippen LogP contribution in [0.15, 0.2) is 21.9 Å². The third-order valence-corrected chi connectivity index (χ3v) is 12.8. The maximum absolute atomic E-state index is 13.4. The van der Waals surface area contributed by atoms with Gasteiger partial charge in [-0.15, -0.1) is 0 Å². The number of amides is 2. The van der Waals surface area contributed by atoms with E-state index in [-0.39, 0.29) is 12.8 Å². The Kier molecular flexibility index (Phi) is 24.0. The van der Waals surface area contributed by atoms with E-state index in [2.05, 4.69) is 24.5 Å². The summed E-state index contributed by atoms with van der Waals surface area (Å²) >= 11 is 0. The van der Waals surface area contributed by atoms with Crippen molar-refractivity contribution in [3.05, 3.63) is 33.1 Å². The number of aliphatic hydroxyl groups is 8. The topological polar surface area (TPSA) is 312 Å². The van der Waals surface area contributed by atoms with Crippen LogP contribution in [0, 0.1) is 0 Å². The van der Waals surface area contributed by atoms with E-state index >= 15 is 0 Å². The maximum Gasteiger partial charge on any atom is 0.330 e. The predicted molar refractivity (Wildman–Crippen MR) is 235 cm³/mol. The summed E-state index contributed by atoms with van der Waals surface area (Å²) in [5, 5.41) is 93.4. The zero-order valence-electron chi connectivity index (χ0n) is 38.2. The molecule has 15 atom stereocenters. The molecule has 1 aromatic heterocycles. The smallest absolute Gasteiger partial charge is 0.330 e. The number of hydrogen-bond donors (Lipinski definition) is 11. The number of aliphatic hydroxyl groups excluding tert-OH is 8. The lowest BCUT2D eigenvalue weighted by Crippen LogP contribution is -2.69. The highest BCUT2D eigenvalue weighted by Gasteiger charge is 2.53. The van der Waals surface area contributed by atoms with Crippen LogP contribution in [0.2, 0.25) is 0 Å². The monoisotopic (exact) mass is 931 g/mol. The number of unbranched alkanes of at least 4 members (excludes halogenated alkanes) is 16. The SMILES string of the molecule is CCCCCCCCCCCC(=O)N[C@H]1[C@H](O[C@H]2O[C@H](CO)[C@@H](O)[C@H](O)[C@H]2NC(=O)CCCCCCCCCCC)O[C@H](C[C@@H](O)[C@@H]2O[C@@H](n3ccc(=O)[nH]c3=O)[C@H](O)[C@@H]2O)[C@H](O)[C@@H]1O. The first-order valence-electron chi connectivity index (χ1n) is 24.1. The lowest BCUT2D eigenvalue weighted by atomic mass is 9.91. The Morgan fingerprint density at radius 1 is 0.646 bits per heavy atom. The number of carbonyl (C=O) groups is 2. The molecule has 4 heterocycles. The number of carbonyl (C=O) groups excluding carboxylic acids is 2. The van der Waals surface area contributed by atoms with Crippen molar-refractivity contribution in [1.82, 2.24) is 20.2 Å². The summed E-state index contributed by atoms with van der Waals surface area (Å²) in [7, 11) is 0. The van der Waals surface area contributed by atoms with Gasteiger partial charge in [0.25, 0.3) is 5.56 Å². The Bertz CT molecular complexity index is 1650.